The first-order chi connectivity index (χ1) is 18.5. The lowest BCUT2D eigenvalue weighted by Gasteiger charge is -2.45. The van der Waals surface area contributed by atoms with Gasteiger partial charge in [-0.2, -0.15) is 0 Å². The van der Waals surface area contributed by atoms with Gasteiger partial charge in [-0.05, 0) is 12.0 Å². The average Bonchev–Trinajstić information content (AvgIpc) is 2.85. The SMILES string of the molecule is CC(=O)OC[C@H]1O[C@@H](S[C@@H]2CO[C@@H](OCc3ccccc3)[C@@H](O)C2)[C@H](OC(C)=O)[C@@H](OC(C)=O)[C@H]1OC(C)=O. The Hall–Kier alpha value is -2.71. The quantitative estimate of drug-likeness (QED) is 0.320. The third-order valence-electron chi connectivity index (χ3n) is 5.80. The highest BCUT2D eigenvalue weighted by Crippen LogP contribution is 2.38. The Morgan fingerprint density at radius 2 is 1.51 bits per heavy atom. The highest BCUT2D eigenvalue weighted by molar-refractivity contribution is 8.00. The van der Waals surface area contributed by atoms with E-state index in [0.29, 0.717) is 0 Å². The lowest BCUT2D eigenvalue weighted by Crippen LogP contribution is -2.62. The molecule has 2 fully saturated rings. The lowest BCUT2D eigenvalue weighted by molar-refractivity contribution is -0.238. The monoisotopic (exact) mass is 570 g/mol. The highest BCUT2D eigenvalue weighted by atomic mass is 32.2. The van der Waals surface area contributed by atoms with Crippen molar-refractivity contribution in [3.8, 4) is 0 Å². The first-order valence-corrected chi connectivity index (χ1v) is 13.4. The molecule has 13 heteroatoms. The summed E-state index contributed by atoms with van der Waals surface area (Å²) in [6.07, 6.45) is -6.23. The summed E-state index contributed by atoms with van der Waals surface area (Å²) < 4.78 is 39.1. The molecule has 3 rings (SSSR count). The highest BCUT2D eigenvalue weighted by Gasteiger charge is 2.53. The van der Waals surface area contributed by atoms with E-state index in [1.807, 2.05) is 30.3 Å². The second-order valence-electron chi connectivity index (χ2n) is 9.13. The molecule has 2 aliphatic heterocycles. The first-order valence-electron chi connectivity index (χ1n) is 12.4. The molecule has 216 valence electrons. The predicted octanol–water partition coefficient (Wildman–Crippen LogP) is 1.50. The van der Waals surface area contributed by atoms with Crippen molar-refractivity contribution >= 4 is 35.6 Å². The van der Waals surface area contributed by atoms with E-state index in [1.54, 1.807) is 0 Å². The number of carbonyl (C=O) groups is 4. The number of hydrogen-bond acceptors (Lipinski definition) is 13. The summed E-state index contributed by atoms with van der Waals surface area (Å²) in [7, 11) is 0. The van der Waals surface area contributed by atoms with Gasteiger partial charge in [-0.3, -0.25) is 19.2 Å². The number of rotatable bonds is 10. The Kier molecular flexibility index (Phi) is 11.5. The van der Waals surface area contributed by atoms with Crippen LogP contribution < -0.4 is 0 Å². The Balaban J connectivity index is 1.75. The third kappa shape index (κ3) is 9.46. The van der Waals surface area contributed by atoms with Gasteiger partial charge in [0.05, 0.1) is 13.2 Å². The Morgan fingerprint density at radius 1 is 0.897 bits per heavy atom. The predicted molar refractivity (Wildman–Crippen MR) is 135 cm³/mol. The zero-order valence-corrected chi connectivity index (χ0v) is 23.0. The standard InChI is InChI=1S/C26H34O12S/c1-14(27)32-13-21-22(35-15(2)28)23(36-16(3)29)24(37-17(4)30)26(38-21)39-19-10-20(31)25(34-12-19)33-11-18-8-6-5-7-9-18/h5-9,19-26,31H,10-13H2,1-4H3/t19-,20-,21+,22-,23-,24+,25+,26-/m0/s1. The van der Waals surface area contributed by atoms with Crippen LogP contribution in [-0.4, -0.2) is 89.7 Å². The molecule has 1 N–H and O–H groups in total. The number of aliphatic hydroxyl groups is 1. The van der Waals surface area contributed by atoms with Crippen molar-refractivity contribution in [2.24, 2.45) is 0 Å². The Morgan fingerprint density at radius 3 is 2.10 bits per heavy atom. The molecule has 0 bridgehead atoms. The Bertz CT molecular complexity index is 988. The van der Waals surface area contributed by atoms with Crippen LogP contribution in [-0.2, 0) is 58.9 Å². The largest absolute Gasteiger partial charge is 0.463 e. The van der Waals surface area contributed by atoms with Crippen molar-refractivity contribution in [2.75, 3.05) is 13.2 Å². The molecule has 0 aromatic heterocycles. The molecule has 2 saturated heterocycles. The fraction of sp³-hybridized carbons (Fsp3) is 0.615. The van der Waals surface area contributed by atoms with Crippen LogP contribution in [0.4, 0.5) is 0 Å². The van der Waals surface area contributed by atoms with Crippen LogP contribution in [0.15, 0.2) is 30.3 Å². The number of esters is 4. The molecule has 2 heterocycles. The van der Waals surface area contributed by atoms with Gasteiger partial charge < -0.3 is 38.3 Å². The minimum Gasteiger partial charge on any atom is -0.463 e. The molecule has 0 spiro atoms. The normalized spacial score (nSPS) is 30.6. The zero-order chi connectivity index (χ0) is 28.5. The summed E-state index contributed by atoms with van der Waals surface area (Å²) in [6.45, 7) is 4.84. The van der Waals surface area contributed by atoms with Gasteiger partial charge in [-0.15, -0.1) is 11.8 Å². The van der Waals surface area contributed by atoms with Crippen molar-refractivity contribution in [1.82, 2.24) is 0 Å². The topological polar surface area (TPSA) is 153 Å². The summed E-state index contributed by atoms with van der Waals surface area (Å²) >= 11 is 1.19. The van der Waals surface area contributed by atoms with Gasteiger partial charge in [-0.1, -0.05) is 30.3 Å². The van der Waals surface area contributed by atoms with Gasteiger partial charge in [0.2, 0.25) is 0 Å². The smallest absolute Gasteiger partial charge is 0.303 e. The molecule has 0 aliphatic carbocycles. The van der Waals surface area contributed by atoms with E-state index in [4.69, 9.17) is 33.2 Å². The van der Waals surface area contributed by atoms with E-state index in [1.165, 1.54) is 25.6 Å². The molecule has 8 atom stereocenters. The molecule has 0 amide bonds. The molecule has 0 saturated carbocycles. The van der Waals surface area contributed by atoms with Crippen LogP contribution in [0.3, 0.4) is 0 Å². The van der Waals surface area contributed by atoms with Crippen molar-refractivity contribution in [1.29, 1.82) is 0 Å². The van der Waals surface area contributed by atoms with Crippen LogP contribution in [0.1, 0.15) is 39.7 Å². The molecular weight excluding hydrogens is 536 g/mol. The summed E-state index contributed by atoms with van der Waals surface area (Å²) in [4.78, 5) is 47.4. The molecule has 12 nitrogen and oxygen atoms in total. The summed E-state index contributed by atoms with van der Waals surface area (Å²) in [6, 6.07) is 9.47. The lowest BCUT2D eigenvalue weighted by atomic mass is 9.99. The van der Waals surface area contributed by atoms with Crippen molar-refractivity contribution in [3.63, 3.8) is 0 Å². The molecule has 39 heavy (non-hydrogen) atoms. The number of aliphatic hydroxyl groups excluding tert-OH is 1. The molecule has 1 aromatic rings. The summed E-state index contributed by atoms with van der Waals surface area (Å²) in [5.74, 6) is -2.69. The van der Waals surface area contributed by atoms with Gasteiger partial charge >= 0.3 is 23.9 Å². The minimum absolute atomic E-state index is 0.175. The fourth-order valence-corrected chi connectivity index (χ4v) is 5.67. The third-order valence-corrected chi connectivity index (χ3v) is 7.16. The van der Waals surface area contributed by atoms with E-state index in [0.717, 1.165) is 19.4 Å². The molecule has 1 aromatic carbocycles. The minimum atomic E-state index is -1.25. The zero-order valence-electron chi connectivity index (χ0n) is 22.2. The number of thioether (sulfide) groups is 1. The summed E-state index contributed by atoms with van der Waals surface area (Å²) in [5, 5.41) is 10.4. The molecule has 0 unspecified atom stereocenters. The molecule has 2 aliphatic rings. The number of hydrogen-bond donors (Lipinski definition) is 1. The van der Waals surface area contributed by atoms with Gasteiger partial charge in [0.15, 0.2) is 24.6 Å². The fourth-order valence-electron chi connectivity index (χ4n) is 4.26. The van der Waals surface area contributed by atoms with E-state index >= 15 is 0 Å². The van der Waals surface area contributed by atoms with E-state index in [-0.39, 0.29) is 31.5 Å². The maximum absolute atomic E-state index is 12.0. The molecule has 0 radical (unpaired) electrons. The van der Waals surface area contributed by atoms with Gasteiger partial charge in [-0.25, -0.2) is 0 Å². The van der Waals surface area contributed by atoms with E-state index < -0.39 is 66.1 Å². The van der Waals surface area contributed by atoms with E-state index in [2.05, 4.69) is 0 Å². The maximum atomic E-state index is 12.0. The second-order valence-corrected chi connectivity index (χ2v) is 10.5. The molecular formula is C26H34O12S. The van der Waals surface area contributed by atoms with E-state index in [9.17, 15) is 24.3 Å². The van der Waals surface area contributed by atoms with Gasteiger partial charge in [0.1, 0.15) is 24.3 Å². The van der Waals surface area contributed by atoms with Crippen molar-refractivity contribution in [2.45, 2.75) is 88.2 Å². The van der Waals surface area contributed by atoms with Gasteiger partial charge in [0.25, 0.3) is 0 Å². The van der Waals surface area contributed by atoms with Crippen molar-refractivity contribution in [3.05, 3.63) is 35.9 Å². The number of carbonyl (C=O) groups excluding carboxylic acids is 4. The Labute approximate surface area is 230 Å². The van der Waals surface area contributed by atoms with Crippen molar-refractivity contribution < 1.29 is 57.4 Å². The second kappa shape index (κ2) is 14.6. The average molecular weight is 571 g/mol. The summed E-state index contributed by atoms with van der Waals surface area (Å²) in [5.41, 5.74) is -0.0181. The number of ether oxygens (including phenoxy) is 7. The van der Waals surface area contributed by atoms with Crippen LogP contribution in [0.25, 0.3) is 0 Å². The van der Waals surface area contributed by atoms with Crippen LogP contribution >= 0.6 is 11.8 Å². The van der Waals surface area contributed by atoms with Gasteiger partial charge in [0, 0.05) is 32.9 Å². The first kappa shape index (κ1) is 30.8. The maximum Gasteiger partial charge on any atom is 0.303 e. The van der Waals surface area contributed by atoms with Crippen LogP contribution in [0.2, 0.25) is 0 Å². The van der Waals surface area contributed by atoms with Crippen LogP contribution in [0.5, 0.6) is 0 Å². The van der Waals surface area contributed by atoms with Crippen LogP contribution in [0, 0.1) is 0 Å². The number of benzene rings is 1.